The van der Waals surface area contributed by atoms with Crippen LogP contribution in [0.5, 0.6) is 0 Å². The number of aliphatic hydroxyl groups excluding tert-OH is 1. The van der Waals surface area contributed by atoms with E-state index < -0.39 is 54.7 Å². The zero-order chi connectivity index (χ0) is 22.9. The van der Waals surface area contributed by atoms with Crippen molar-refractivity contribution in [3.63, 3.8) is 0 Å². The average Bonchev–Trinajstić information content (AvgIpc) is 2.89. The molecule has 2 rings (SSSR count). The molecule has 0 spiro atoms. The molecule has 9 nitrogen and oxygen atoms in total. The predicted octanol–water partition coefficient (Wildman–Crippen LogP) is 2.32. The smallest absolute Gasteiger partial charge is 0.359 e. The number of halogens is 2. The van der Waals surface area contributed by atoms with Gasteiger partial charge in [-0.25, -0.2) is 14.2 Å². The van der Waals surface area contributed by atoms with Crippen LogP contribution in [-0.4, -0.2) is 54.4 Å². The molecule has 0 radical (unpaired) electrons. The van der Waals surface area contributed by atoms with E-state index >= 15 is 0 Å². The van der Waals surface area contributed by atoms with Gasteiger partial charge in [0.15, 0.2) is 11.5 Å². The largest absolute Gasteiger partial charge is 0.387 e. The van der Waals surface area contributed by atoms with Crippen LogP contribution in [0.3, 0.4) is 0 Å². The van der Waals surface area contributed by atoms with Crippen LogP contribution in [0.1, 0.15) is 65.0 Å². The van der Waals surface area contributed by atoms with Gasteiger partial charge in [0.1, 0.15) is 12.2 Å². The van der Waals surface area contributed by atoms with E-state index in [2.05, 4.69) is 4.98 Å². The maximum Gasteiger partial charge on any atom is 0.359 e. The minimum absolute atomic E-state index is 0.0430. The lowest BCUT2D eigenvalue weighted by molar-refractivity contribution is -0.0554. The first kappa shape index (κ1) is 25.0. The van der Waals surface area contributed by atoms with Crippen LogP contribution in [-0.2, 0) is 13.8 Å². The number of aromatic nitrogens is 2. The third-order valence-electron chi connectivity index (χ3n) is 5.45. The van der Waals surface area contributed by atoms with Crippen molar-refractivity contribution in [2.75, 3.05) is 0 Å². The van der Waals surface area contributed by atoms with Crippen molar-refractivity contribution in [3.05, 3.63) is 28.2 Å². The second kappa shape index (κ2) is 9.10. The Kier molecular flexibility index (Phi) is 7.59. The molecule has 1 aromatic heterocycles. The molecule has 0 aliphatic carbocycles. The Morgan fingerprint density at radius 1 is 1.40 bits per heavy atom. The number of rotatable bonds is 9. The summed E-state index contributed by atoms with van der Waals surface area (Å²) in [6.45, 7) is 6.01. The fraction of sp³-hybridized carbons (Fsp3) is 0.778. The van der Waals surface area contributed by atoms with Crippen molar-refractivity contribution in [1.29, 1.82) is 0 Å². The van der Waals surface area contributed by atoms with Crippen LogP contribution in [0, 0.1) is 5.95 Å². The fourth-order valence-electron chi connectivity index (χ4n) is 3.46. The molecule has 12 heteroatoms. The van der Waals surface area contributed by atoms with Crippen LogP contribution < -0.4 is 5.69 Å². The summed E-state index contributed by atoms with van der Waals surface area (Å²) in [5, 5.41) is 18.6. The summed E-state index contributed by atoms with van der Waals surface area (Å²) in [6.07, 6.45) is -5.05. The topological polar surface area (TPSA) is 142 Å². The summed E-state index contributed by atoms with van der Waals surface area (Å²) < 4.78 is 52.4. The molecule has 1 aliphatic heterocycles. The number of hydrogen-bond acceptors (Lipinski definition) is 7. The first-order valence-corrected chi connectivity index (χ1v) is 11.3. The standard InChI is InChI=1S/C18H29F2N2O7P/c1-5-7-17(3,29-30(26,27)18(4,25)6-2)8-11-13(23)12(19)14(28-11)10-9-21-16(24)22-15(10)20/h9,11-14,23,25H,5-8H2,1-4H3,(H,26,27)(H,21,22,24)/t11-,12+,13?,14+,17?,18?/m1/s1. The molecule has 4 N–H and O–H groups in total. The molecule has 0 amide bonds. The number of hydrogen-bond donors (Lipinski definition) is 4. The second-order valence-electron chi connectivity index (χ2n) is 8.07. The Morgan fingerprint density at radius 3 is 2.57 bits per heavy atom. The van der Waals surface area contributed by atoms with Gasteiger partial charge in [0.25, 0.3) is 0 Å². The maximum atomic E-state index is 14.7. The highest BCUT2D eigenvalue weighted by molar-refractivity contribution is 7.54. The van der Waals surface area contributed by atoms with Gasteiger partial charge in [-0.3, -0.25) is 9.55 Å². The summed E-state index contributed by atoms with van der Waals surface area (Å²) in [4.78, 5) is 26.6. The molecule has 1 aliphatic rings. The van der Waals surface area contributed by atoms with Gasteiger partial charge in [-0.15, -0.1) is 0 Å². The molecule has 1 aromatic rings. The Morgan fingerprint density at radius 2 is 2.03 bits per heavy atom. The van der Waals surface area contributed by atoms with E-state index in [4.69, 9.17) is 9.26 Å². The van der Waals surface area contributed by atoms with E-state index in [-0.39, 0.29) is 24.8 Å². The van der Waals surface area contributed by atoms with Crippen molar-refractivity contribution in [2.24, 2.45) is 0 Å². The Bertz CT molecular complexity index is 852. The van der Waals surface area contributed by atoms with Crippen LogP contribution in [0.25, 0.3) is 0 Å². The Hall–Kier alpha value is -1.23. The van der Waals surface area contributed by atoms with Gasteiger partial charge in [-0.1, -0.05) is 20.3 Å². The Labute approximate surface area is 173 Å². The summed E-state index contributed by atoms with van der Waals surface area (Å²) in [7, 11) is -4.51. The number of H-pyrrole nitrogens is 1. The first-order chi connectivity index (χ1) is 13.8. The van der Waals surface area contributed by atoms with E-state index in [1.54, 1.807) is 11.9 Å². The number of alkyl halides is 1. The average molecular weight is 454 g/mol. The number of ether oxygens (including phenoxy) is 1. The van der Waals surface area contributed by atoms with Gasteiger partial charge in [0, 0.05) is 12.6 Å². The van der Waals surface area contributed by atoms with Crippen molar-refractivity contribution in [3.8, 4) is 0 Å². The Balaban J connectivity index is 2.26. The third kappa shape index (κ3) is 5.15. The van der Waals surface area contributed by atoms with Gasteiger partial charge in [-0.2, -0.15) is 4.39 Å². The monoisotopic (exact) mass is 454 g/mol. The molecular formula is C18H29F2N2O7P. The summed E-state index contributed by atoms with van der Waals surface area (Å²) in [5.74, 6) is -1.12. The highest BCUT2D eigenvalue weighted by atomic mass is 31.2. The van der Waals surface area contributed by atoms with Crippen LogP contribution >= 0.6 is 7.60 Å². The molecule has 4 unspecified atom stereocenters. The number of nitrogens with one attached hydrogen (secondary N) is 1. The van der Waals surface area contributed by atoms with Crippen LogP contribution in [0.4, 0.5) is 8.78 Å². The number of aromatic amines is 1. The van der Waals surface area contributed by atoms with Crippen molar-refractivity contribution < 1.29 is 37.7 Å². The highest BCUT2D eigenvalue weighted by Crippen LogP contribution is 2.59. The van der Waals surface area contributed by atoms with E-state index in [0.29, 0.717) is 6.42 Å². The summed E-state index contributed by atoms with van der Waals surface area (Å²) >= 11 is 0. The summed E-state index contributed by atoms with van der Waals surface area (Å²) in [5.41, 5.74) is -2.66. The highest BCUT2D eigenvalue weighted by Gasteiger charge is 2.51. The predicted molar refractivity (Wildman–Crippen MR) is 103 cm³/mol. The molecule has 1 saturated heterocycles. The first-order valence-electron chi connectivity index (χ1n) is 9.75. The van der Waals surface area contributed by atoms with Crippen LogP contribution in [0.2, 0.25) is 0 Å². The quantitative estimate of drug-likeness (QED) is 0.329. The molecule has 2 heterocycles. The SMILES string of the molecule is CCCC(C)(C[C@H]1O[C@@H](c2cnc(=O)[nH]c2F)[C@@H](F)C1O)OP(=O)(O)C(C)(O)CC. The minimum atomic E-state index is -4.51. The summed E-state index contributed by atoms with van der Waals surface area (Å²) in [6, 6.07) is 0. The normalized spacial score (nSPS) is 30.4. The van der Waals surface area contributed by atoms with Gasteiger partial charge < -0.3 is 24.4 Å². The van der Waals surface area contributed by atoms with Crippen molar-refractivity contribution >= 4 is 7.60 Å². The van der Waals surface area contributed by atoms with Crippen molar-refractivity contribution in [1.82, 2.24) is 9.97 Å². The molecular weight excluding hydrogens is 425 g/mol. The maximum absolute atomic E-state index is 14.7. The zero-order valence-electron chi connectivity index (χ0n) is 17.3. The fourth-order valence-corrected chi connectivity index (χ4v) is 4.82. The van der Waals surface area contributed by atoms with Crippen molar-refractivity contribution in [2.45, 2.75) is 88.8 Å². The zero-order valence-corrected chi connectivity index (χ0v) is 18.2. The lowest BCUT2D eigenvalue weighted by Gasteiger charge is -2.38. The molecule has 0 saturated carbocycles. The second-order valence-corrected chi connectivity index (χ2v) is 10.3. The van der Waals surface area contributed by atoms with E-state index in [1.807, 2.05) is 0 Å². The van der Waals surface area contributed by atoms with Gasteiger partial charge >= 0.3 is 13.3 Å². The lowest BCUT2D eigenvalue weighted by atomic mass is 9.91. The molecule has 30 heavy (non-hydrogen) atoms. The van der Waals surface area contributed by atoms with E-state index in [0.717, 1.165) is 6.20 Å². The molecule has 7 atom stereocenters. The van der Waals surface area contributed by atoms with E-state index in [9.17, 15) is 33.2 Å². The van der Waals surface area contributed by atoms with Gasteiger partial charge in [-0.05, 0) is 26.7 Å². The van der Waals surface area contributed by atoms with Gasteiger partial charge in [0.2, 0.25) is 5.95 Å². The third-order valence-corrected chi connectivity index (χ3v) is 7.67. The molecule has 0 aromatic carbocycles. The molecule has 1 fully saturated rings. The molecule has 172 valence electrons. The lowest BCUT2D eigenvalue weighted by Crippen LogP contribution is -2.40. The van der Waals surface area contributed by atoms with E-state index in [1.165, 1.54) is 20.8 Å². The van der Waals surface area contributed by atoms with Gasteiger partial charge in [0.05, 0.1) is 17.3 Å². The minimum Gasteiger partial charge on any atom is -0.387 e. The molecule has 0 bridgehead atoms. The number of nitrogens with zero attached hydrogens (tertiary/aromatic N) is 1. The number of aliphatic hydroxyl groups is 2. The van der Waals surface area contributed by atoms with Crippen LogP contribution in [0.15, 0.2) is 11.0 Å².